The zero-order chi connectivity index (χ0) is 12.2. The highest BCUT2D eigenvalue weighted by Crippen LogP contribution is 2.27. The van der Waals surface area contributed by atoms with Crippen molar-refractivity contribution in [3.8, 4) is 0 Å². The molecule has 0 N–H and O–H groups in total. The van der Waals surface area contributed by atoms with Crippen LogP contribution in [0.25, 0.3) is 0 Å². The van der Waals surface area contributed by atoms with Gasteiger partial charge in [0.15, 0.2) is 0 Å². The molecule has 1 unspecified atom stereocenters. The summed E-state index contributed by atoms with van der Waals surface area (Å²) < 4.78 is 0. The largest absolute Gasteiger partial charge is 0.102 e. The fraction of sp³-hybridized carbons (Fsp3) is 0.500. The molecule has 0 nitrogen and oxygen atoms in total. The van der Waals surface area contributed by atoms with Crippen molar-refractivity contribution in [3.63, 3.8) is 0 Å². The van der Waals surface area contributed by atoms with E-state index in [1.807, 2.05) is 6.08 Å². The molecule has 0 aliphatic heterocycles. The maximum Gasteiger partial charge on any atom is -0.00481 e. The van der Waals surface area contributed by atoms with E-state index < -0.39 is 0 Å². The van der Waals surface area contributed by atoms with Crippen LogP contribution in [0.3, 0.4) is 0 Å². The predicted octanol–water partition coefficient (Wildman–Crippen LogP) is 5.06. The zero-order valence-electron chi connectivity index (χ0n) is 11.1. The Morgan fingerprint density at radius 1 is 1.38 bits per heavy atom. The molecule has 1 aliphatic rings. The average Bonchev–Trinajstić information content (AvgIpc) is 2.40. The van der Waals surface area contributed by atoms with E-state index in [1.54, 1.807) is 0 Å². The first-order valence-corrected chi connectivity index (χ1v) is 6.11. The minimum atomic E-state index is 0.360. The summed E-state index contributed by atoms with van der Waals surface area (Å²) in [4.78, 5) is 0. The Bertz CT molecular complexity index is 332. The number of hydrogen-bond donors (Lipinski definition) is 0. The molecule has 1 rings (SSSR count). The second kappa shape index (κ2) is 5.34. The first-order chi connectivity index (χ1) is 7.42. The molecule has 0 aromatic heterocycles. The summed E-state index contributed by atoms with van der Waals surface area (Å²) in [6, 6.07) is 0. The van der Waals surface area contributed by atoms with E-state index >= 15 is 0 Å². The third-order valence-corrected chi connectivity index (χ3v) is 2.87. The van der Waals surface area contributed by atoms with Gasteiger partial charge >= 0.3 is 0 Å². The van der Waals surface area contributed by atoms with E-state index in [9.17, 15) is 0 Å². The Morgan fingerprint density at radius 2 is 2.06 bits per heavy atom. The third-order valence-electron chi connectivity index (χ3n) is 2.87. The van der Waals surface area contributed by atoms with Gasteiger partial charge in [-0.3, -0.25) is 0 Å². The van der Waals surface area contributed by atoms with Crippen LogP contribution in [0.5, 0.6) is 0 Å². The average molecular weight is 216 g/mol. The van der Waals surface area contributed by atoms with Crippen LogP contribution in [-0.2, 0) is 0 Å². The van der Waals surface area contributed by atoms with Crippen LogP contribution in [-0.4, -0.2) is 0 Å². The topological polar surface area (TPSA) is 0 Å². The van der Waals surface area contributed by atoms with Crippen molar-refractivity contribution in [1.82, 2.24) is 0 Å². The van der Waals surface area contributed by atoms with Gasteiger partial charge in [0.1, 0.15) is 0 Å². The first kappa shape index (κ1) is 13.0. The SMILES string of the molecule is C=CC(C)C1=CC=C(CC(C)(C)C)C=CC1. The minimum Gasteiger partial charge on any atom is -0.102 e. The van der Waals surface area contributed by atoms with Crippen molar-refractivity contribution >= 4 is 0 Å². The van der Waals surface area contributed by atoms with Gasteiger partial charge < -0.3 is 0 Å². The summed E-state index contributed by atoms with van der Waals surface area (Å²) in [7, 11) is 0. The molecule has 1 atom stereocenters. The Kier molecular flexibility index (Phi) is 4.35. The molecule has 0 fully saturated rings. The smallest absolute Gasteiger partial charge is 0.00481 e. The van der Waals surface area contributed by atoms with Crippen LogP contribution in [0.15, 0.2) is 48.1 Å². The molecule has 0 amide bonds. The molecule has 0 radical (unpaired) electrons. The number of hydrogen-bond acceptors (Lipinski definition) is 0. The van der Waals surface area contributed by atoms with E-state index in [0.29, 0.717) is 11.3 Å². The minimum absolute atomic E-state index is 0.360. The van der Waals surface area contributed by atoms with Crippen LogP contribution in [0.1, 0.15) is 40.5 Å². The Balaban J connectivity index is 2.79. The fourth-order valence-corrected chi connectivity index (χ4v) is 1.90. The van der Waals surface area contributed by atoms with Gasteiger partial charge in [0.2, 0.25) is 0 Å². The molecule has 0 heterocycles. The van der Waals surface area contributed by atoms with Gasteiger partial charge in [-0.05, 0) is 29.7 Å². The molecular weight excluding hydrogens is 192 g/mol. The molecule has 0 saturated carbocycles. The molecule has 0 aromatic rings. The maximum atomic E-state index is 3.86. The molecule has 1 aliphatic carbocycles. The fourth-order valence-electron chi connectivity index (χ4n) is 1.90. The standard InChI is InChI=1S/C16H24/c1-6-13(2)15-9-7-8-14(10-11-15)12-16(3,4)5/h6-8,10-11,13H,1,9,12H2,2-5H3. The molecule has 88 valence electrons. The maximum absolute atomic E-state index is 3.86. The summed E-state index contributed by atoms with van der Waals surface area (Å²) in [6.07, 6.45) is 13.3. The van der Waals surface area contributed by atoms with Crippen LogP contribution in [0.2, 0.25) is 0 Å². The van der Waals surface area contributed by atoms with Gasteiger partial charge in [-0.25, -0.2) is 0 Å². The molecule has 0 heteroatoms. The van der Waals surface area contributed by atoms with Crippen LogP contribution < -0.4 is 0 Å². The van der Waals surface area contributed by atoms with Crippen molar-refractivity contribution in [3.05, 3.63) is 48.1 Å². The number of rotatable bonds is 3. The Labute approximate surface area is 100 Å². The second-order valence-electron chi connectivity index (χ2n) is 5.85. The highest BCUT2D eigenvalue weighted by Gasteiger charge is 2.12. The summed E-state index contributed by atoms with van der Waals surface area (Å²) in [6.45, 7) is 12.9. The quantitative estimate of drug-likeness (QED) is 0.579. The molecule has 0 spiro atoms. The summed E-state index contributed by atoms with van der Waals surface area (Å²) in [5.41, 5.74) is 3.24. The van der Waals surface area contributed by atoms with Crippen molar-refractivity contribution in [2.45, 2.75) is 40.5 Å². The lowest BCUT2D eigenvalue weighted by atomic mass is 9.88. The first-order valence-electron chi connectivity index (χ1n) is 6.11. The monoisotopic (exact) mass is 216 g/mol. The van der Waals surface area contributed by atoms with Gasteiger partial charge in [-0.2, -0.15) is 0 Å². The number of allylic oxidation sites excluding steroid dienone is 7. The van der Waals surface area contributed by atoms with Crippen LogP contribution in [0.4, 0.5) is 0 Å². The van der Waals surface area contributed by atoms with E-state index in [4.69, 9.17) is 0 Å². The molecule has 0 saturated heterocycles. The van der Waals surface area contributed by atoms with Gasteiger partial charge in [0, 0.05) is 0 Å². The summed E-state index contributed by atoms with van der Waals surface area (Å²) in [5, 5.41) is 0. The normalized spacial score (nSPS) is 18.5. The van der Waals surface area contributed by atoms with E-state index in [0.717, 1.165) is 12.8 Å². The highest BCUT2D eigenvalue weighted by molar-refractivity contribution is 5.33. The highest BCUT2D eigenvalue weighted by atomic mass is 14.2. The molecular formula is C16H24. The van der Waals surface area contributed by atoms with Crippen molar-refractivity contribution < 1.29 is 0 Å². The molecule has 0 aromatic carbocycles. The lowest BCUT2D eigenvalue weighted by Crippen LogP contribution is -2.05. The zero-order valence-corrected chi connectivity index (χ0v) is 11.1. The summed E-state index contributed by atoms with van der Waals surface area (Å²) in [5.74, 6) is 0.481. The predicted molar refractivity (Wildman–Crippen MR) is 73.4 cm³/mol. The lowest BCUT2D eigenvalue weighted by Gasteiger charge is -2.18. The van der Waals surface area contributed by atoms with Crippen molar-refractivity contribution in [2.75, 3.05) is 0 Å². The van der Waals surface area contributed by atoms with E-state index in [1.165, 1.54) is 11.1 Å². The van der Waals surface area contributed by atoms with Gasteiger partial charge in [-0.1, -0.05) is 63.6 Å². The van der Waals surface area contributed by atoms with Gasteiger partial charge in [-0.15, -0.1) is 6.58 Å². The second-order valence-corrected chi connectivity index (χ2v) is 5.85. The van der Waals surface area contributed by atoms with Crippen molar-refractivity contribution in [2.24, 2.45) is 11.3 Å². The van der Waals surface area contributed by atoms with Crippen LogP contribution in [0, 0.1) is 11.3 Å². The van der Waals surface area contributed by atoms with E-state index in [2.05, 4.69) is 58.6 Å². The van der Waals surface area contributed by atoms with Gasteiger partial charge in [0.25, 0.3) is 0 Å². The van der Waals surface area contributed by atoms with Crippen molar-refractivity contribution in [1.29, 1.82) is 0 Å². The molecule has 16 heavy (non-hydrogen) atoms. The lowest BCUT2D eigenvalue weighted by molar-refractivity contribution is 0.413. The van der Waals surface area contributed by atoms with Gasteiger partial charge in [0.05, 0.1) is 0 Å². The van der Waals surface area contributed by atoms with E-state index in [-0.39, 0.29) is 0 Å². The third kappa shape index (κ3) is 4.22. The van der Waals surface area contributed by atoms with Crippen LogP contribution >= 0.6 is 0 Å². The Hall–Kier alpha value is -1.04. The molecule has 0 bridgehead atoms. The summed E-state index contributed by atoms with van der Waals surface area (Å²) >= 11 is 0. The Morgan fingerprint density at radius 3 is 2.62 bits per heavy atom.